The maximum Gasteiger partial charge on any atom is 0.269 e. The van der Waals surface area contributed by atoms with Crippen LogP contribution in [0.5, 0.6) is 0 Å². The molecule has 1 aromatic rings. The van der Waals surface area contributed by atoms with Crippen molar-refractivity contribution in [2.45, 2.75) is 44.4 Å². The Morgan fingerprint density at radius 1 is 1.25 bits per heavy atom. The highest BCUT2D eigenvalue weighted by Gasteiger charge is 2.29. The van der Waals surface area contributed by atoms with Crippen molar-refractivity contribution in [2.24, 2.45) is 0 Å². The highest BCUT2D eigenvalue weighted by molar-refractivity contribution is 5.77. The normalized spacial score (nSPS) is 25.4. The molecule has 2 heterocycles. The lowest BCUT2D eigenvalue weighted by Crippen LogP contribution is -2.39. The maximum atomic E-state index is 10.7. The van der Waals surface area contributed by atoms with Gasteiger partial charge >= 0.3 is 0 Å². The molecule has 0 N–H and O–H groups in total. The van der Waals surface area contributed by atoms with Crippen molar-refractivity contribution in [3.05, 3.63) is 46.0 Å². The predicted molar refractivity (Wildman–Crippen MR) is 90.0 cm³/mol. The van der Waals surface area contributed by atoms with E-state index in [1.807, 2.05) is 6.08 Å². The van der Waals surface area contributed by atoms with Gasteiger partial charge in [0.1, 0.15) is 6.23 Å². The first-order valence-electron chi connectivity index (χ1n) is 8.43. The molecule has 0 spiro atoms. The van der Waals surface area contributed by atoms with Crippen LogP contribution in [-0.4, -0.2) is 35.2 Å². The van der Waals surface area contributed by atoms with Gasteiger partial charge in [0.2, 0.25) is 0 Å². The molecule has 2 atom stereocenters. The molecule has 2 aliphatic rings. The van der Waals surface area contributed by atoms with E-state index in [2.05, 4.69) is 11.0 Å². The van der Waals surface area contributed by atoms with Crippen LogP contribution in [0.2, 0.25) is 0 Å². The number of ether oxygens (including phenoxy) is 1. The first kappa shape index (κ1) is 16.6. The molecule has 0 saturated carbocycles. The summed E-state index contributed by atoms with van der Waals surface area (Å²) >= 11 is 0. The van der Waals surface area contributed by atoms with Crippen LogP contribution in [0.1, 0.15) is 37.7 Å². The Hall–Kier alpha value is -2.23. The summed E-state index contributed by atoms with van der Waals surface area (Å²) in [6, 6.07) is 8.26. The third-order valence-electron chi connectivity index (χ3n) is 4.69. The van der Waals surface area contributed by atoms with Crippen LogP contribution in [0.25, 0.3) is 5.57 Å². The Morgan fingerprint density at radius 2 is 1.96 bits per heavy atom. The molecule has 1 aromatic carbocycles. The van der Waals surface area contributed by atoms with E-state index in [0.29, 0.717) is 11.1 Å². The van der Waals surface area contributed by atoms with Gasteiger partial charge < -0.3 is 4.74 Å². The number of rotatable bonds is 4. The number of nitriles is 1. The molecule has 0 bridgehead atoms. The van der Waals surface area contributed by atoms with Gasteiger partial charge in [0.25, 0.3) is 5.69 Å². The lowest BCUT2D eigenvalue weighted by atomic mass is 10.0. The van der Waals surface area contributed by atoms with Crippen LogP contribution in [-0.2, 0) is 4.74 Å². The van der Waals surface area contributed by atoms with Gasteiger partial charge in [0, 0.05) is 25.2 Å². The second-order valence-electron chi connectivity index (χ2n) is 6.30. The highest BCUT2D eigenvalue weighted by Crippen LogP contribution is 2.28. The average molecular weight is 327 g/mol. The third-order valence-corrected chi connectivity index (χ3v) is 4.69. The SMILES string of the molecule is N#C/C(=C/C1CCC(N2CCCCC2)O1)c1ccc([N+](=O)[O-])cc1. The zero-order valence-corrected chi connectivity index (χ0v) is 13.6. The highest BCUT2D eigenvalue weighted by atomic mass is 16.6. The van der Waals surface area contributed by atoms with Gasteiger partial charge in [-0.25, -0.2) is 0 Å². The number of nitro benzene ring substituents is 1. The van der Waals surface area contributed by atoms with Gasteiger partial charge in [-0.3, -0.25) is 15.0 Å². The number of likely N-dealkylation sites (tertiary alicyclic amines) is 1. The largest absolute Gasteiger partial charge is 0.356 e. The summed E-state index contributed by atoms with van der Waals surface area (Å²) in [5.74, 6) is 0. The fraction of sp³-hybridized carbons (Fsp3) is 0.500. The van der Waals surface area contributed by atoms with Crippen molar-refractivity contribution in [2.75, 3.05) is 13.1 Å². The average Bonchev–Trinajstić information content (AvgIpc) is 3.09. The van der Waals surface area contributed by atoms with Crippen molar-refractivity contribution in [1.82, 2.24) is 4.90 Å². The minimum Gasteiger partial charge on any atom is -0.356 e. The molecule has 126 valence electrons. The van der Waals surface area contributed by atoms with Crippen LogP contribution < -0.4 is 0 Å². The van der Waals surface area contributed by atoms with E-state index < -0.39 is 4.92 Å². The number of allylic oxidation sites excluding steroid dienone is 1. The van der Waals surface area contributed by atoms with Gasteiger partial charge in [-0.05, 0) is 49.5 Å². The first-order valence-corrected chi connectivity index (χ1v) is 8.43. The van der Waals surface area contributed by atoms with Gasteiger partial charge in [0.05, 0.1) is 22.7 Å². The Bertz CT molecular complexity index is 657. The van der Waals surface area contributed by atoms with Crippen LogP contribution >= 0.6 is 0 Å². The zero-order valence-electron chi connectivity index (χ0n) is 13.6. The van der Waals surface area contributed by atoms with E-state index in [1.165, 1.54) is 31.4 Å². The molecular formula is C18H21N3O3. The number of benzene rings is 1. The zero-order chi connectivity index (χ0) is 16.9. The Balaban J connectivity index is 1.67. The predicted octanol–water partition coefficient (Wildman–Crippen LogP) is 3.49. The fourth-order valence-corrected chi connectivity index (χ4v) is 3.39. The van der Waals surface area contributed by atoms with Crippen molar-refractivity contribution in [3.8, 4) is 6.07 Å². The standard InChI is InChI=1S/C18H21N3O3/c19-13-15(14-4-6-16(7-5-14)21(22)23)12-17-8-9-18(24-17)20-10-2-1-3-11-20/h4-7,12,17-18H,1-3,8-11H2/b15-12-. The quantitative estimate of drug-likeness (QED) is 0.480. The number of nitrogens with zero attached hydrogens (tertiary/aromatic N) is 3. The molecule has 24 heavy (non-hydrogen) atoms. The van der Waals surface area contributed by atoms with Crippen molar-refractivity contribution in [1.29, 1.82) is 5.26 Å². The van der Waals surface area contributed by atoms with Crippen molar-refractivity contribution >= 4 is 11.3 Å². The molecular weight excluding hydrogens is 306 g/mol. The van der Waals surface area contributed by atoms with E-state index in [9.17, 15) is 15.4 Å². The van der Waals surface area contributed by atoms with E-state index in [1.54, 1.807) is 12.1 Å². The molecule has 0 aromatic heterocycles. The smallest absolute Gasteiger partial charge is 0.269 e. The number of hydrogen-bond acceptors (Lipinski definition) is 5. The molecule has 6 heteroatoms. The minimum absolute atomic E-state index is 0.0262. The van der Waals surface area contributed by atoms with Crippen molar-refractivity contribution in [3.63, 3.8) is 0 Å². The van der Waals surface area contributed by atoms with Gasteiger partial charge in [0.15, 0.2) is 0 Å². The Kier molecular flexibility index (Phi) is 5.24. The number of hydrogen-bond donors (Lipinski definition) is 0. The fourth-order valence-electron chi connectivity index (χ4n) is 3.39. The Morgan fingerprint density at radius 3 is 2.58 bits per heavy atom. The van der Waals surface area contributed by atoms with E-state index in [4.69, 9.17) is 4.74 Å². The van der Waals surface area contributed by atoms with Crippen molar-refractivity contribution < 1.29 is 9.66 Å². The number of non-ortho nitro benzene ring substituents is 1. The molecule has 0 radical (unpaired) electrons. The lowest BCUT2D eigenvalue weighted by molar-refractivity contribution is -0.384. The summed E-state index contributed by atoms with van der Waals surface area (Å²) in [7, 11) is 0. The lowest BCUT2D eigenvalue weighted by Gasteiger charge is -2.31. The molecule has 2 unspecified atom stereocenters. The maximum absolute atomic E-state index is 10.7. The topological polar surface area (TPSA) is 79.4 Å². The second kappa shape index (κ2) is 7.56. The minimum atomic E-state index is -0.442. The molecule has 2 aliphatic heterocycles. The first-order chi connectivity index (χ1) is 11.7. The number of nitro groups is 1. The summed E-state index contributed by atoms with van der Waals surface area (Å²) in [4.78, 5) is 12.7. The van der Waals surface area contributed by atoms with Crippen LogP contribution in [0.4, 0.5) is 5.69 Å². The molecule has 0 amide bonds. The summed E-state index contributed by atoms with van der Waals surface area (Å²) in [5.41, 5.74) is 1.22. The summed E-state index contributed by atoms with van der Waals surface area (Å²) < 4.78 is 6.11. The van der Waals surface area contributed by atoms with Gasteiger partial charge in [-0.1, -0.05) is 6.42 Å². The molecule has 2 saturated heterocycles. The summed E-state index contributed by atoms with van der Waals surface area (Å²) in [6.07, 6.45) is 7.58. The molecule has 3 rings (SSSR count). The monoisotopic (exact) mass is 327 g/mol. The molecule has 6 nitrogen and oxygen atoms in total. The Labute approximate surface area is 141 Å². The van der Waals surface area contributed by atoms with E-state index in [-0.39, 0.29) is 18.0 Å². The van der Waals surface area contributed by atoms with E-state index in [0.717, 1.165) is 25.9 Å². The van der Waals surface area contributed by atoms with Gasteiger partial charge in [-0.15, -0.1) is 0 Å². The van der Waals surface area contributed by atoms with Crippen LogP contribution in [0.3, 0.4) is 0 Å². The summed E-state index contributed by atoms with van der Waals surface area (Å²) in [5, 5.41) is 20.1. The summed E-state index contributed by atoms with van der Waals surface area (Å²) in [6.45, 7) is 2.18. The van der Waals surface area contributed by atoms with Crippen LogP contribution in [0, 0.1) is 21.4 Å². The second-order valence-corrected chi connectivity index (χ2v) is 6.30. The third kappa shape index (κ3) is 3.81. The van der Waals surface area contributed by atoms with Gasteiger partial charge in [-0.2, -0.15) is 5.26 Å². The molecule has 2 fully saturated rings. The van der Waals surface area contributed by atoms with Crippen LogP contribution in [0.15, 0.2) is 30.3 Å². The molecule has 0 aliphatic carbocycles. The van der Waals surface area contributed by atoms with E-state index >= 15 is 0 Å². The number of piperidine rings is 1.